The molecular weight excluding hydrogens is 261 g/mol. The molecule has 19 heavy (non-hydrogen) atoms. The van der Waals surface area contributed by atoms with Gasteiger partial charge in [-0.3, -0.25) is 4.79 Å². The fraction of sp³-hybridized carbons (Fsp3) is 0.333. The van der Waals surface area contributed by atoms with Gasteiger partial charge < -0.3 is 10.1 Å². The van der Waals surface area contributed by atoms with Crippen molar-refractivity contribution in [2.45, 2.75) is 20.2 Å². The number of nitrogens with zero attached hydrogens (tertiary/aromatic N) is 1. The van der Waals surface area contributed by atoms with Crippen molar-refractivity contribution >= 4 is 11.6 Å². The molecule has 0 saturated heterocycles. The lowest BCUT2D eigenvalue weighted by atomic mass is 9.94. The number of amides is 1. The molecule has 102 valence electrons. The van der Waals surface area contributed by atoms with E-state index >= 15 is 0 Å². The molecule has 0 aliphatic heterocycles. The van der Waals surface area contributed by atoms with Crippen molar-refractivity contribution in [1.82, 2.24) is 0 Å². The molecule has 4 nitrogen and oxygen atoms in total. The van der Waals surface area contributed by atoms with Crippen LogP contribution < -0.4 is 10.1 Å². The summed E-state index contributed by atoms with van der Waals surface area (Å²) in [6, 6.07) is 6.47. The van der Waals surface area contributed by atoms with Gasteiger partial charge in [0.1, 0.15) is 11.2 Å². The first kappa shape index (κ1) is 14.8. The van der Waals surface area contributed by atoms with Gasteiger partial charge in [-0.15, -0.1) is 13.2 Å². The molecule has 0 bridgehead atoms. The number of ether oxygens (including phenoxy) is 1. The summed E-state index contributed by atoms with van der Waals surface area (Å²) in [5.74, 6) is -0.926. The summed E-state index contributed by atoms with van der Waals surface area (Å²) in [5.41, 5.74) is -0.941. The van der Waals surface area contributed by atoms with Crippen molar-refractivity contribution in [2.24, 2.45) is 5.41 Å². The Balaban J connectivity index is 2.74. The zero-order chi connectivity index (χ0) is 14.7. The molecular formula is C12H11F3N2O2. The summed E-state index contributed by atoms with van der Waals surface area (Å²) in [6.45, 7) is 2.87. The van der Waals surface area contributed by atoms with Crippen LogP contribution in [0.4, 0.5) is 18.9 Å². The van der Waals surface area contributed by atoms with E-state index in [1.165, 1.54) is 26.0 Å². The fourth-order valence-electron chi connectivity index (χ4n) is 1.08. The Morgan fingerprint density at radius 2 is 1.79 bits per heavy atom. The van der Waals surface area contributed by atoms with Crippen molar-refractivity contribution in [3.05, 3.63) is 24.3 Å². The smallest absolute Gasteiger partial charge is 0.406 e. The number of hydrogen-bond donors (Lipinski definition) is 1. The van der Waals surface area contributed by atoms with E-state index in [4.69, 9.17) is 5.26 Å². The third kappa shape index (κ3) is 4.50. The Bertz CT molecular complexity index is 501. The van der Waals surface area contributed by atoms with E-state index in [0.29, 0.717) is 0 Å². The first-order chi connectivity index (χ1) is 8.64. The molecule has 0 heterocycles. The molecule has 0 spiro atoms. The lowest BCUT2D eigenvalue weighted by molar-refractivity contribution is -0.274. The summed E-state index contributed by atoms with van der Waals surface area (Å²) in [5, 5.41) is 11.2. The summed E-state index contributed by atoms with van der Waals surface area (Å²) >= 11 is 0. The summed E-state index contributed by atoms with van der Waals surface area (Å²) in [4.78, 5) is 11.6. The van der Waals surface area contributed by atoms with Gasteiger partial charge >= 0.3 is 6.36 Å². The number of rotatable bonds is 3. The number of halogens is 3. The Morgan fingerprint density at radius 3 is 2.21 bits per heavy atom. The Hall–Kier alpha value is -2.23. The van der Waals surface area contributed by atoms with Crippen LogP contribution >= 0.6 is 0 Å². The third-order valence-corrected chi connectivity index (χ3v) is 2.19. The second-order valence-corrected chi connectivity index (χ2v) is 4.26. The molecule has 1 aromatic carbocycles. The van der Waals surface area contributed by atoms with Crippen molar-refractivity contribution in [2.75, 3.05) is 5.32 Å². The quantitative estimate of drug-likeness (QED) is 0.919. The minimum atomic E-state index is -4.76. The van der Waals surface area contributed by atoms with Crippen LogP contribution in [0.1, 0.15) is 13.8 Å². The highest BCUT2D eigenvalue weighted by Crippen LogP contribution is 2.24. The number of carbonyl (C=O) groups is 1. The molecule has 1 aromatic rings. The molecule has 1 N–H and O–H groups in total. The maximum absolute atomic E-state index is 11.9. The maximum Gasteiger partial charge on any atom is 0.573 e. The average molecular weight is 272 g/mol. The maximum atomic E-state index is 11.9. The van der Waals surface area contributed by atoms with E-state index in [2.05, 4.69) is 10.1 Å². The van der Waals surface area contributed by atoms with E-state index in [1.54, 1.807) is 0 Å². The minimum absolute atomic E-state index is 0.280. The molecule has 1 rings (SSSR count). The molecule has 0 radical (unpaired) electrons. The highest BCUT2D eigenvalue weighted by Gasteiger charge is 2.31. The molecule has 0 fully saturated rings. The average Bonchev–Trinajstić information content (AvgIpc) is 2.29. The zero-order valence-corrected chi connectivity index (χ0v) is 10.2. The van der Waals surface area contributed by atoms with Crippen LogP contribution in [0.25, 0.3) is 0 Å². The number of nitrogens with one attached hydrogen (secondary N) is 1. The first-order valence-corrected chi connectivity index (χ1v) is 5.22. The number of carbonyl (C=O) groups excluding carboxylic acids is 1. The summed E-state index contributed by atoms with van der Waals surface area (Å²) < 4.78 is 39.5. The van der Waals surface area contributed by atoms with E-state index in [0.717, 1.165) is 12.1 Å². The standard InChI is InChI=1S/C12H11F3N2O2/c1-11(2,7-16)10(18)17-8-3-5-9(6-4-8)19-12(13,14)15/h3-6H,1-2H3,(H,17,18). The molecule has 1 amide bonds. The third-order valence-electron chi connectivity index (χ3n) is 2.19. The van der Waals surface area contributed by atoms with Gasteiger partial charge in [0.15, 0.2) is 0 Å². The van der Waals surface area contributed by atoms with Crippen molar-refractivity contribution in [3.8, 4) is 11.8 Å². The number of benzene rings is 1. The van der Waals surface area contributed by atoms with Crippen LogP contribution in [-0.2, 0) is 4.79 Å². The van der Waals surface area contributed by atoms with E-state index < -0.39 is 17.7 Å². The number of hydrogen-bond acceptors (Lipinski definition) is 3. The molecule has 0 aromatic heterocycles. The van der Waals surface area contributed by atoms with Crippen LogP contribution in [0, 0.1) is 16.7 Å². The normalized spacial score (nSPS) is 11.6. The highest BCUT2D eigenvalue weighted by molar-refractivity contribution is 5.96. The van der Waals surface area contributed by atoms with Crippen LogP contribution in [0.5, 0.6) is 5.75 Å². The second-order valence-electron chi connectivity index (χ2n) is 4.26. The lowest BCUT2D eigenvalue weighted by Crippen LogP contribution is -2.29. The van der Waals surface area contributed by atoms with Crippen LogP contribution in [0.3, 0.4) is 0 Å². The van der Waals surface area contributed by atoms with Gasteiger partial charge in [0.25, 0.3) is 0 Å². The monoisotopic (exact) mass is 272 g/mol. The van der Waals surface area contributed by atoms with Gasteiger partial charge in [0.05, 0.1) is 6.07 Å². The van der Waals surface area contributed by atoms with E-state index in [1.807, 2.05) is 6.07 Å². The predicted octanol–water partition coefficient (Wildman–Crippen LogP) is 3.07. The van der Waals surface area contributed by atoms with Gasteiger partial charge in [0.2, 0.25) is 5.91 Å². The topological polar surface area (TPSA) is 62.1 Å². The zero-order valence-electron chi connectivity index (χ0n) is 10.2. The minimum Gasteiger partial charge on any atom is -0.406 e. The number of alkyl halides is 3. The van der Waals surface area contributed by atoms with Crippen molar-refractivity contribution < 1.29 is 22.7 Å². The first-order valence-electron chi connectivity index (χ1n) is 5.22. The van der Waals surface area contributed by atoms with Gasteiger partial charge in [-0.25, -0.2) is 0 Å². The lowest BCUT2D eigenvalue weighted by Gasteiger charge is -2.15. The van der Waals surface area contributed by atoms with Gasteiger partial charge in [-0.1, -0.05) is 0 Å². The fourth-order valence-corrected chi connectivity index (χ4v) is 1.08. The Labute approximate surface area is 107 Å². The van der Waals surface area contributed by atoms with Crippen LogP contribution in [-0.4, -0.2) is 12.3 Å². The summed E-state index contributed by atoms with van der Waals surface area (Å²) in [6.07, 6.45) is -4.76. The van der Waals surface area contributed by atoms with Crippen LogP contribution in [0.2, 0.25) is 0 Å². The molecule has 0 saturated carbocycles. The van der Waals surface area contributed by atoms with Crippen molar-refractivity contribution in [3.63, 3.8) is 0 Å². The number of nitriles is 1. The Kier molecular flexibility index (Phi) is 4.04. The van der Waals surface area contributed by atoms with Crippen LogP contribution in [0.15, 0.2) is 24.3 Å². The molecule has 0 aliphatic rings. The summed E-state index contributed by atoms with van der Waals surface area (Å²) in [7, 11) is 0. The second kappa shape index (κ2) is 5.18. The SMILES string of the molecule is CC(C)(C#N)C(=O)Nc1ccc(OC(F)(F)F)cc1. The largest absolute Gasteiger partial charge is 0.573 e. The molecule has 0 unspecified atom stereocenters. The predicted molar refractivity (Wildman–Crippen MR) is 61.1 cm³/mol. The molecule has 7 heteroatoms. The van der Waals surface area contributed by atoms with Crippen molar-refractivity contribution in [1.29, 1.82) is 5.26 Å². The van der Waals surface area contributed by atoms with Gasteiger partial charge in [-0.05, 0) is 38.1 Å². The highest BCUT2D eigenvalue weighted by atomic mass is 19.4. The molecule has 0 aliphatic carbocycles. The molecule has 0 atom stereocenters. The van der Waals surface area contributed by atoms with E-state index in [-0.39, 0.29) is 11.4 Å². The number of anilines is 1. The van der Waals surface area contributed by atoms with Gasteiger partial charge in [0, 0.05) is 5.69 Å². The Morgan fingerprint density at radius 1 is 1.26 bits per heavy atom. The van der Waals surface area contributed by atoms with Gasteiger partial charge in [-0.2, -0.15) is 5.26 Å². The van der Waals surface area contributed by atoms with E-state index in [9.17, 15) is 18.0 Å².